The van der Waals surface area contributed by atoms with Crippen LogP contribution in [0.3, 0.4) is 0 Å². The number of nitrogens with two attached hydrogens (primary N) is 1. The fourth-order valence-corrected chi connectivity index (χ4v) is 1.90. The van der Waals surface area contributed by atoms with Gasteiger partial charge in [0.2, 0.25) is 0 Å². The zero-order chi connectivity index (χ0) is 12.4. The lowest BCUT2D eigenvalue weighted by Gasteiger charge is -2.07. The lowest BCUT2D eigenvalue weighted by molar-refractivity contribution is 1.48. The summed E-state index contributed by atoms with van der Waals surface area (Å²) < 4.78 is 0. The first-order valence-corrected chi connectivity index (χ1v) is 5.63. The molecule has 0 heterocycles. The molecular weight excluding hydrogens is 255 g/mol. The van der Waals surface area contributed by atoms with E-state index in [0.717, 1.165) is 11.1 Å². The van der Waals surface area contributed by atoms with Gasteiger partial charge in [-0.15, -0.1) is 0 Å². The van der Waals surface area contributed by atoms with E-state index >= 15 is 0 Å². The second kappa shape index (κ2) is 4.67. The van der Waals surface area contributed by atoms with Gasteiger partial charge in [-0.3, -0.25) is 0 Å². The molecular formula is C13H8Cl2N2. The van der Waals surface area contributed by atoms with Gasteiger partial charge >= 0.3 is 0 Å². The molecule has 0 amide bonds. The smallest absolute Gasteiger partial charge is 0.102 e. The van der Waals surface area contributed by atoms with E-state index in [1.165, 1.54) is 0 Å². The van der Waals surface area contributed by atoms with Gasteiger partial charge < -0.3 is 5.73 Å². The van der Waals surface area contributed by atoms with Gasteiger partial charge in [-0.1, -0.05) is 41.4 Å². The zero-order valence-corrected chi connectivity index (χ0v) is 10.3. The summed E-state index contributed by atoms with van der Waals surface area (Å²) in [5, 5.41) is 10.0. The molecule has 0 aliphatic rings. The molecule has 0 radical (unpaired) electrons. The molecule has 0 saturated carbocycles. The fraction of sp³-hybridized carbons (Fsp3) is 0. The monoisotopic (exact) mass is 262 g/mol. The normalized spacial score (nSPS) is 9.94. The largest absolute Gasteiger partial charge is 0.398 e. The maximum atomic E-state index is 9.10. The van der Waals surface area contributed by atoms with Gasteiger partial charge in [0.15, 0.2) is 0 Å². The molecule has 84 valence electrons. The number of halogens is 2. The molecule has 2 aromatic carbocycles. The molecule has 0 atom stereocenters. The van der Waals surface area contributed by atoms with Crippen molar-refractivity contribution in [2.75, 3.05) is 5.73 Å². The second-order valence-corrected chi connectivity index (χ2v) is 4.32. The van der Waals surface area contributed by atoms with Crippen molar-refractivity contribution >= 4 is 28.9 Å². The van der Waals surface area contributed by atoms with Crippen LogP contribution in [0.4, 0.5) is 5.69 Å². The van der Waals surface area contributed by atoms with Crippen LogP contribution in [0.15, 0.2) is 36.4 Å². The highest BCUT2D eigenvalue weighted by Gasteiger charge is 2.09. The molecule has 0 bridgehead atoms. The van der Waals surface area contributed by atoms with Crippen LogP contribution in [0.25, 0.3) is 11.1 Å². The predicted octanol–water partition coefficient (Wildman–Crippen LogP) is 4.11. The molecule has 4 heteroatoms. The van der Waals surface area contributed by atoms with Crippen molar-refractivity contribution in [1.82, 2.24) is 0 Å². The number of hydrogen-bond donors (Lipinski definition) is 1. The van der Waals surface area contributed by atoms with E-state index in [4.69, 9.17) is 34.2 Å². The van der Waals surface area contributed by atoms with E-state index in [9.17, 15) is 0 Å². The van der Waals surface area contributed by atoms with Crippen LogP contribution in [0.1, 0.15) is 5.56 Å². The van der Waals surface area contributed by atoms with Crippen LogP contribution >= 0.6 is 23.2 Å². The van der Waals surface area contributed by atoms with Crippen molar-refractivity contribution in [2.45, 2.75) is 0 Å². The highest BCUT2D eigenvalue weighted by atomic mass is 35.5. The molecule has 0 fully saturated rings. The van der Waals surface area contributed by atoms with Crippen LogP contribution in [0, 0.1) is 11.3 Å². The summed E-state index contributed by atoms with van der Waals surface area (Å²) in [4.78, 5) is 0. The topological polar surface area (TPSA) is 49.8 Å². The van der Waals surface area contributed by atoms with Gasteiger partial charge in [-0.05, 0) is 23.8 Å². The van der Waals surface area contributed by atoms with Crippen molar-refractivity contribution < 1.29 is 0 Å². The van der Waals surface area contributed by atoms with Crippen LogP contribution in [-0.4, -0.2) is 0 Å². The van der Waals surface area contributed by atoms with E-state index in [1.54, 1.807) is 24.3 Å². The van der Waals surface area contributed by atoms with Crippen molar-refractivity contribution in [2.24, 2.45) is 0 Å². The third kappa shape index (κ3) is 2.21. The standard InChI is InChI=1S/C13H8Cl2N2/c14-11-5-4-8(6-12(11)15)9-2-1-3-13(17)10(9)7-16/h1-6H,17H2. The summed E-state index contributed by atoms with van der Waals surface area (Å²) in [5.41, 5.74) is 8.24. The Morgan fingerprint density at radius 2 is 1.82 bits per heavy atom. The first-order valence-electron chi connectivity index (χ1n) is 4.87. The summed E-state index contributed by atoms with van der Waals surface area (Å²) in [6.45, 7) is 0. The van der Waals surface area contributed by atoms with Crippen LogP contribution in [0.5, 0.6) is 0 Å². The average molecular weight is 263 g/mol. The minimum absolute atomic E-state index is 0.450. The number of nitrogens with zero attached hydrogens (tertiary/aromatic N) is 1. The zero-order valence-electron chi connectivity index (χ0n) is 8.74. The molecule has 0 aliphatic carbocycles. The van der Waals surface area contributed by atoms with Crippen molar-refractivity contribution in [3.63, 3.8) is 0 Å². The Morgan fingerprint density at radius 1 is 1.06 bits per heavy atom. The Morgan fingerprint density at radius 3 is 2.47 bits per heavy atom. The Balaban J connectivity index is 2.65. The van der Waals surface area contributed by atoms with E-state index in [2.05, 4.69) is 6.07 Å². The summed E-state index contributed by atoms with van der Waals surface area (Å²) in [5.74, 6) is 0. The second-order valence-electron chi connectivity index (χ2n) is 3.51. The Bertz CT molecular complexity index is 615. The SMILES string of the molecule is N#Cc1c(N)cccc1-c1ccc(Cl)c(Cl)c1. The van der Waals surface area contributed by atoms with Crippen LogP contribution in [0.2, 0.25) is 10.0 Å². The minimum atomic E-state index is 0.450. The minimum Gasteiger partial charge on any atom is -0.398 e. The summed E-state index contributed by atoms with van der Waals surface area (Å²) in [6.07, 6.45) is 0. The molecule has 0 unspecified atom stereocenters. The fourth-order valence-electron chi connectivity index (χ4n) is 1.60. The molecule has 17 heavy (non-hydrogen) atoms. The maximum absolute atomic E-state index is 9.10. The summed E-state index contributed by atoms with van der Waals surface area (Å²) >= 11 is 11.8. The van der Waals surface area contributed by atoms with Crippen molar-refractivity contribution in [3.05, 3.63) is 52.0 Å². The lowest BCUT2D eigenvalue weighted by Crippen LogP contribution is -1.93. The van der Waals surface area contributed by atoms with Gasteiger partial charge in [0.25, 0.3) is 0 Å². The van der Waals surface area contributed by atoms with Crippen molar-refractivity contribution in [3.8, 4) is 17.2 Å². The molecule has 2 N–H and O–H groups in total. The maximum Gasteiger partial charge on any atom is 0.102 e. The van der Waals surface area contributed by atoms with E-state index < -0.39 is 0 Å². The molecule has 2 rings (SSSR count). The van der Waals surface area contributed by atoms with Gasteiger partial charge in [0.05, 0.1) is 21.3 Å². The molecule has 2 aromatic rings. The third-order valence-corrected chi connectivity index (χ3v) is 3.18. The molecule has 2 nitrogen and oxygen atoms in total. The summed E-state index contributed by atoms with van der Waals surface area (Å²) in [6, 6.07) is 12.6. The highest BCUT2D eigenvalue weighted by molar-refractivity contribution is 6.42. The number of rotatable bonds is 1. The van der Waals surface area contributed by atoms with Crippen molar-refractivity contribution in [1.29, 1.82) is 5.26 Å². The van der Waals surface area contributed by atoms with E-state index in [-0.39, 0.29) is 0 Å². The number of nitrogen functional groups attached to an aromatic ring is 1. The molecule has 0 spiro atoms. The van der Waals surface area contributed by atoms with Gasteiger partial charge in [0.1, 0.15) is 6.07 Å². The van der Waals surface area contributed by atoms with E-state index in [0.29, 0.717) is 21.3 Å². The molecule has 0 aliphatic heterocycles. The van der Waals surface area contributed by atoms with Gasteiger partial charge in [-0.25, -0.2) is 0 Å². The highest BCUT2D eigenvalue weighted by Crippen LogP contribution is 2.31. The average Bonchev–Trinajstić information content (AvgIpc) is 2.32. The van der Waals surface area contributed by atoms with E-state index in [1.807, 2.05) is 12.1 Å². The first kappa shape index (κ1) is 11.8. The quantitative estimate of drug-likeness (QED) is 0.787. The Kier molecular flexibility index (Phi) is 3.23. The number of hydrogen-bond acceptors (Lipinski definition) is 2. The summed E-state index contributed by atoms with van der Waals surface area (Å²) in [7, 11) is 0. The first-order chi connectivity index (χ1) is 8.13. The Labute approximate surface area is 109 Å². The molecule has 0 aromatic heterocycles. The van der Waals surface area contributed by atoms with Gasteiger partial charge in [0, 0.05) is 5.56 Å². The predicted molar refractivity (Wildman–Crippen MR) is 71.0 cm³/mol. The van der Waals surface area contributed by atoms with Crippen LogP contribution < -0.4 is 5.73 Å². The van der Waals surface area contributed by atoms with Crippen LogP contribution in [-0.2, 0) is 0 Å². The number of benzene rings is 2. The Hall–Kier alpha value is -1.69. The third-order valence-electron chi connectivity index (χ3n) is 2.44. The number of anilines is 1. The lowest BCUT2D eigenvalue weighted by atomic mass is 9.99. The van der Waals surface area contributed by atoms with Gasteiger partial charge in [-0.2, -0.15) is 5.26 Å². The molecule has 0 saturated heterocycles. The number of nitriles is 1.